The minimum absolute atomic E-state index is 0.340. The number of aromatic nitrogens is 1. The molecule has 0 fully saturated rings. The van der Waals surface area contributed by atoms with Gasteiger partial charge in [0.05, 0.1) is 5.69 Å². The Bertz CT molecular complexity index is 533. The quantitative estimate of drug-likeness (QED) is 0.930. The van der Waals surface area contributed by atoms with E-state index in [2.05, 4.69) is 4.98 Å². The van der Waals surface area contributed by atoms with Crippen molar-refractivity contribution in [3.8, 4) is 11.8 Å². The van der Waals surface area contributed by atoms with E-state index in [0.29, 0.717) is 24.1 Å². The molecule has 0 unspecified atom stereocenters. The maximum absolute atomic E-state index is 5.85. The van der Waals surface area contributed by atoms with E-state index in [-0.39, 0.29) is 5.60 Å². The lowest BCUT2D eigenvalue weighted by Crippen LogP contribution is -2.24. The molecule has 2 heterocycles. The average molecular weight is 278 g/mol. The monoisotopic (exact) mass is 278 g/mol. The van der Waals surface area contributed by atoms with Crippen LogP contribution in [-0.2, 0) is 6.61 Å². The van der Waals surface area contributed by atoms with Crippen LogP contribution in [0.4, 0.5) is 5.69 Å². The molecule has 2 rings (SSSR count). The molecule has 102 valence electrons. The first kappa shape index (κ1) is 13.7. The van der Waals surface area contributed by atoms with Crippen LogP contribution in [0, 0.1) is 0 Å². The second-order valence-corrected chi connectivity index (χ2v) is 6.16. The van der Waals surface area contributed by atoms with Crippen molar-refractivity contribution in [3.63, 3.8) is 0 Å². The fourth-order valence-electron chi connectivity index (χ4n) is 1.43. The van der Waals surface area contributed by atoms with Crippen LogP contribution in [0.3, 0.4) is 0 Å². The fraction of sp³-hybridized carbons (Fsp3) is 0.357. The minimum Gasteiger partial charge on any atom is -0.472 e. The molecular formula is C14H18N2O2S. The summed E-state index contributed by atoms with van der Waals surface area (Å²) in [5.74, 6) is 0.929. The predicted molar refractivity (Wildman–Crippen MR) is 77.7 cm³/mol. The van der Waals surface area contributed by atoms with E-state index in [1.807, 2.05) is 38.3 Å². The van der Waals surface area contributed by atoms with Crippen molar-refractivity contribution in [3.05, 3.63) is 34.5 Å². The number of hydrogen-bond acceptors (Lipinski definition) is 5. The number of nitrogen functional groups attached to an aromatic ring is 1. The molecule has 5 heteroatoms. The van der Waals surface area contributed by atoms with Gasteiger partial charge < -0.3 is 15.2 Å². The molecule has 0 atom stereocenters. The maximum Gasteiger partial charge on any atom is 0.241 e. The van der Waals surface area contributed by atoms with Crippen LogP contribution in [0.2, 0.25) is 0 Å². The normalized spacial score (nSPS) is 11.3. The zero-order valence-electron chi connectivity index (χ0n) is 11.3. The summed E-state index contributed by atoms with van der Waals surface area (Å²) >= 11 is 1.65. The molecular weight excluding hydrogens is 260 g/mol. The Kier molecular flexibility index (Phi) is 3.95. The molecule has 0 amide bonds. The summed E-state index contributed by atoms with van der Waals surface area (Å²) in [7, 11) is 0. The van der Waals surface area contributed by atoms with Gasteiger partial charge in [0.2, 0.25) is 11.8 Å². The van der Waals surface area contributed by atoms with Gasteiger partial charge in [-0.3, -0.25) is 0 Å². The second-order valence-electron chi connectivity index (χ2n) is 5.13. The van der Waals surface area contributed by atoms with Crippen molar-refractivity contribution < 1.29 is 9.47 Å². The summed E-state index contributed by atoms with van der Waals surface area (Å²) < 4.78 is 11.3. The number of anilines is 1. The Morgan fingerprint density at radius 2 is 2.05 bits per heavy atom. The molecule has 0 radical (unpaired) electrons. The number of hydrogen-bond donors (Lipinski definition) is 1. The van der Waals surface area contributed by atoms with Gasteiger partial charge in [-0.15, -0.1) is 11.3 Å². The standard InChI is InChI=1S/C14H18N2O2S/c1-14(2,3)18-13-11(15)6-7-12(16-13)17-9-10-5-4-8-19-10/h4-8H,9,15H2,1-3H3. The molecule has 0 saturated heterocycles. The highest BCUT2D eigenvalue weighted by molar-refractivity contribution is 7.09. The third kappa shape index (κ3) is 4.13. The van der Waals surface area contributed by atoms with Crippen molar-refractivity contribution in [2.24, 2.45) is 0 Å². The van der Waals surface area contributed by atoms with Crippen LogP contribution in [0.1, 0.15) is 25.6 Å². The van der Waals surface area contributed by atoms with Crippen molar-refractivity contribution in [1.82, 2.24) is 4.98 Å². The van der Waals surface area contributed by atoms with Gasteiger partial charge in [-0.25, -0.2) is 0 Å². The van der Waals surface area contributed by atoms with Gasteiger partial charge in [0.15, 0.2) is 0 Å². The SMILES string of the molecule is CC(C)(C)Oc1nc(OCc2cccs2)ccc1N. The third-order valence-electron chi connectivity index (χ3n) is 2.21. The van der Waals surface area contributed by atoms with E-state index in [1.54, 1.807) is 23.5 Å². The smallest absolute Gasteiger partial charge is 0.241 e. The fourth-order valence-corrected chi connectivity index (χ4v) is 2.04. The van der Waals surface area contributed by atoms with E-state index in [9.17, 15) is 0 Å². The molecule has 19 heavy (non-hydrogen) atoms. The number of rotatable bonds is 4. The Labute approximate surface area is 117 Å². The van der Waals surface area contributed by atoms with Crippen molar-refractivity contribution >= 4 is 17.0 Å². The van der Waals surface area contributed by atoms with Crippen molar-refractivity contribution in [2.45, 2.75) is 33.0 Å². The maximum atomic E-state index is 5.85. The largest absolute Gasteiger partial charge is 0.472 e. The van der Waals surface area contributed by atoms with Gasteiger partial charge in [0, 0.05) is 10.9 Å². The highest BCUT2D eigenvalue weighted by Crippen LogP contribution is 2.26. The number of thiophene rings is 1. The van der Waals surface area contributed by atoms with E-state index >= 15 is 0 Å². The summed E-state index contributed by atoms with van der Waals surface area (Å²) in [4.78, 5) is 5.44. The van der Waals surface area contributed by atoms with Crippen molar-refractivity contribution in [2.75, 3.05) is 5.73 Å². The van der Waals surface area contributed by atoms with Gasteiger partial charge in [-0.2, -0.15) is 4.98 Å². The number of nitrogens with zero attached hydrogens (tertiary/aromatic N) is 1. The lowest BCUT2D eigenvalue weighted by atomic mass is 10.2. The lowest BCUT2D eigenvalue weighted by molar-refractivity contribution is 0.123. The van der Waals surface area contributed by atoms with Crippen molar-refractivity contribution in [1.29, 1.82) is 0 Å². The third-order valence-corrected chi connectivity index (χ3v) is 3.06. The number of ether oxygens (including phenoxy) is 2. The first-order valence-electron chi connectivity index (χ1n) is 6.05. The van der Waals surface area contributed by atoms with Gasteiger partial charge >= 0.3 is 0 Å². The highest BCUT2D eigenvalue weighted by atomic mass is 32.1. The number of pyridine rings is 1. The summed E-state index contributed by atoms with van der Waals surface area (Å²) in [6, 6.07) is 7.51. The van der Waals surface area contributed by atoms with E-state index in [0.717, 1.165) is 4.88 Å². The van der Waals surface area contributed by atoms with Crippen LogP contribution in [0.15, 0.2) is 29.6 Å². The van der Waals surface area contributed by atoms with Gasteiger partial charge in [-0.05, 0) is 38.3 Å². The zero-order chi connectivity index (χ0) is 13.9. The molecule has 0 aliphatic heterocycles. The molecule has 0 spiro atoms. The molecule has 0 aromatic carbocycles. The van der Waals surface area contributed by atoms with Crippen LogP contribution in [0.5, 0.6) is 11.8 Å². The van der Waals surface area contributed by atoms with Crippen LogP contribution in [-0.4, -0.2) is 10.6 Å². The topological polar surface area (TPSA) is 57.4 Å². The summed E-state index contributed by atoms with van der Waals surface area (Å²) in [6.45, 7) is 6.36. The molecule has 0 bridgehead atoms. The summed E-state index contributed by atoms with van der Waals surface area (Å²) in [5.41, 5.74) is 6.02. The zero-order valence-corrected chi connectivity index (χ0v) is 12.2. The Morgan fingerprint density at radius 3 is 2.68 bits per heavy atom. The Balaban J connectivity index is 2.07. The van der Waals surface area contributed by atoms with E-state index in [4.69, 9.17) is 15.2 Å². The van der Waals surface area contributed by atoms with Crippen LogP contribution in [0.25, 0.3) is 0 Å². The first-order chi connectivity index (χ1) is 8.94. The Morgan fingerprint density at radius 1 is 1.26 bits per heavy atom. The van der Waals surface area contributed by atoms with E-state index < -0.39 is 0 Å². The first-order valence-corrected chi connectivity index (χ1v) is 6.93. The second kappa shape index (κ2) is 5.48. The molecule has 0 saturated carbocycles. The van der Waals surface area contributed by atoms with Crippen LogP contribution < -0.4 is 15.2 Å². The lowest BCUT2D eigenvalue weighted by Gasteiger charge is -2.21. The molecule has 2 aromatic heterocycles. The van der Waals surface area contributed by atoms with Gasteiger partial charge in [-0.1, -0.05) is 6.07 Å². The Hall–Kier alpha value is -1.75. The average Bonchev–Trinajstić information content (AvgIpc) is 2.81. The minimum atomic E-state index is -0.340. The molecule has 0 aliphatic carbocycles. The predicted octanol–water partition coefficient (Wildman–Crippen LogP) is 3.48. The highest BCUT2D eigenvalue weighted by Gasteiger charge is 2.15. The molecule has 2 aromatic rings. The summed E-state index contributed by atoms with van der Waals surface area (Å²) in [5, 5.41) is 2.02. The van der Waals surface area contributed by atoms with Gasteiger partial charge in [0.25, 0.3) is 0 Å². The summed E-state index contributed by atoms with van der Waals surface area (Å²) in [6.07, 6.45) is 0. The van der Waals surface area contributed by atoms with Gasteiger partial charge in [0.1, 0.15) is 12.2 Å². The molecule has 4 nitrogen and oxygen atoms in total. The molecule has 2 N–H and O–H groups in total. The van der Waals surface area contributed by atoms with Crippen LogP contribution >= 0.6 is 11.3 Å². The van der Waals surface area contributed by atoms with E-state index in [1.165, 1.54) is 0 Å². The number of nitrogens with two attached hydrogens (primary N) is 1. The molecule has 0 aliphatic rings.